The van der Waals surface area contributed by atoms with Gasteiger partial charge < -0.3 is 10.8 Å². The van der Waals surface area contributed by atoms with Crippen molar-refractivity contribution in [1.29, 1.82) is 0 Å². The minimum absolute atomic E-state index is 0.0160. The number of rotatable bonds is 4. The van der Waals surface area contributed by atoms with Crippen LogP contribution >= 0.6 is 0 Å². The van der Waals surface area contributed by atoms with Gasteiger partial charge in [0.15, 0.2) is 0 Å². The van der Waals surface area contributed by atoms with Crippen LogP contribution in [0.5, 0.6) is 5.75 Å². The third-order valence-electron chi connectivity index (χ3n) is 1.86. The standard InChI is InChI=1S/C10H10N2O4/c11-9(13)6-2-4-7-3-1-5-8(10(7)14)12(15)16/h1-5,14H,6H2,(H2,11,13). The van der Waals surface area contributed by atoms with Gasteiger partial charge in [-0.1, -0.05) is 24.3 Å². The summed E-state index contributed by atoms with van der Waals surface area (Å²) in [6.07, 6.45) is 2.86. The van der Waals surface area contributed by atoms with E-state index in [2.05, 4.69) is 0 Å². The molecule has 1 rings (SSSR count). The fourth-order valence-corrected chi connectivity index (χ4v) is 1.13. The number of carbonyl (C=O) groups excluding carboxylic acids is 1. The molecule has 16 heavy (non-hydrogen) atoms. The van der Waals surface area contributed by atoms with Crippen molar-refractivity contribution in [2.24, 2.45) is 5.73 Å². The summed E-state index contributed by atoms with van der Waals surface area (Å²) in [6.45, 7) is 0. The number of para-hydroxylation sites is 1. The van der Waals surface area contributed by atoms with Gasteiger partial charge in [0.1, 0.15) is 0 Å². The van der Waals surface area contributed by atoms with Gasteiger partial charge >= 0.3 is 5.69 Å². The maximum Gasteiger partial charge on any atom is 0.311 e. The quantitative estimate of drug-likeness (QED) is 0.589. The van der Waals surface area contributed by atoms with Gasteiger partial charge in [0.2, 0.25) is 11.7 Å². The summed E-state index contributed by atoms with van der Waals surface area (Å²) in [7, 11) is 0. The number of nitro benzene ring substituents is 1. The van der Waals surface area contributed by atoms with E-state index in [1.165, 1.54) is 30.4 Å². The van der Waals surface area contributed by atoms with Gasteiger partial charge in [-0.2, -0.15) is 0 Å². The SMILES string of the molecule is NC(=O)CC=Cc1cccc([N+](=O)[O-])c1O. The molecule has 84 valence electrons. The molecule has 1 aromatic rings. The minimum atomic E-state index is -0.680. The first-order valence-electron chi connectivity index (χ1n) is 4.43. The molecule has 0 aromatic heterocycles. The summed E-state index contributed by atoms with van der Waals surface area (Å²) >= 11 is 0. The maximum absolute atomic E-state index is 10.5. The number of amides is 1. The first-order chi connectivity index (χ1) is 7.52. The highest BCUT2D eigenvalue weighted by Gasteiger charge is 2.14. The average molecular weight is 222 g/mol. The zero-order valence-corrected chi connectivity index (χ0v) is 8.29. The van der Waals surface area contributed by atoms with E-state index in [4.69, 9.17) is 5.73 Å². The van der Waals surface area contributed by atoms with Crippen molar-refractivity contribution in [1.82, 2.24) is 0 Å². The zero-order chi connectivity index (χ0) is 12.1. The molecule has 0 heterocycles. The van der Waals surface area contributed by atoms with Crippen LogP contribution in [-0.2, 0) is 4.79 Å². The fraction of sp³-hybridized carbons (Fsp3) is 0.100. The third kappa shape index (κ3) is 2.81. The largest absolute Gasteiger partial charge is 0.502 e. The van der Waals surface area contributed by atoms with E-state index in [-0.39, 0.29) is 17.7 Å². The summed E-state index contributed by atoms with van der Waals surface area (Å²) in [4.78, 5) is 20.3. The Morgan fingerprint density at radius 1 is 1.56 bits per heavy atom. The number of nitrogens with zero attached hydrogens (tertiary/aromatic N) is 1. The lowest BCUT2D eigenvalue weighted by Crippen LogP contribution is -2.07. The Labute approximate surface area is 91.2 Å². The molecule has 1 aromatic carbocycles. The summed E-state index contributed by atoms with van der Waals surface area (Å²) in [6, 6.07) is 4.14. The molecule has 0 fully saturated rings. The lowest BCUT2D eigenvalue weighted by Gasteiger charge is -1.99. The number of primary amides is 1. The lowest BCUT2D eigenvalue weighted by atomic mass is 10.1. The van der Waals surface area contributed by atoms with E-state index in [1.807, 2.05) is 0 Å². The van der Waals surface area contributed by atoms with Crippen LogP contribution in [-0.4, -0.2) is 15.9 Å². The molecule has 1 amide bonds. The summed E-state index contributed by atoms with van der Waals surface area (Å²) in [5, 5.41) is 20.0. The number of hydrogen-bond donors (Lipinski definition) is 2. The van der Waals surface area contributed by atoms with Crippen LogP contribution in [0, 0.1) is 10.1 Å². The molecule has 6 heteroatoms. The molecular weight excluding hydrogens is 212 g/mol. The van der Waals surface area contributed by atoms with Crippen LogP contribution in [0.4, 0.5) is 5.69 Å². The highest BCUT2D eigenvalue weighted by molar-refractivity contribution is 5.77. The van der Waals surface area contributed by atoms with E-state index in [0.29, 0.717) is 0 Å². The number of phenols is 1. The zero-order valence-electron chi connectivity index (χ0n) is 8.29. The number of benzene rings is 1. The second kappa shape index (κ2) is 4.92. The second-order valence-electron chi connectivity index (χ2n) is 3.04. The lowest BCUT2D eigenvalue weighted by molar-refractivity contribution is -0.385. The Hall–Kier alpha value is -2.37. The molecule has 6 nitrogen and oxygen atoms in total. The van der Waals surface area contributed by atoms with Crippen LogP contribution in [0.1, 0.15) is 12.0 Å². The summed E-state index contributed by atoms with van der Waals surface area (Å²) in [5.74, 6) is -0.936. The highest BCUT2D eigenvalue weighted by atomic mass is 16.6. The third-order valence-corrected chi connectivity index (χ3v) is 1.86. The van der Waals surface area contributed by atoms with Crippen molar-refractivity contribution in [3.63, 3.8) is 0 Å². The number of carbonyl (C=O) groups is 1. The number of hydrogen-bond acceptors (Lipinski definition) is 4. The number of nitrogens with two attached hydrogens (primary N) is 1. The minimum Gasteiger partial charge on any atom is -0.502 e. The molecule has 0 saturated heterocycles. The van der Waals surface area contributed by atoms with Crippen LogP contribution in [0.25, 0.3) is 6.08 Å². The van der Waals surface area contributed by atoms with Crippen molar-refractivity contribution in [2.45, 2.75) is 6.42 Å². The van der Waals surface area contributed by atoms with Crippen LogP contribution in [0.3, 0.4) is 0 Å². The molecule has 0 unspecified atom stereocenters. The van der Waals surface area contributed by atoms with Gasteiger partial charge in [0.05, 0.1) is 4.92 Å². The number of phenolic OH excluding ortho intramolecular Hbond substituents is 1. The predicted molar refractivity (Wildman–Crippen MR) is 57.6 cm³/mol. The normalized spacial score (nSPS) is 10.5. The number of aromatic hydroxyl groups is 1. The van der Waals surface area contributed by atoms with Crippen molar-refractivity contribution in [3.8, 4) is 5.75 Å². The van der Waals surface area contributed by atoms with Gasteiger partial charge in [-0.3, -0.25) is 14.9 Å². The molecule has 0 aliphatic carbocycles. The monoisotopic (exact) mass is 222 g/mol. The number of nitro groups is 1. The van der Waals surface area contributed by atoms with Gasteiger partial charge in [-0.15, -0.1) is 0 Å². The van der Waals surface area contributed by atoms with E-state index < -0.39 is 16.6 Å². The first kappa shape index (κ1) is 11.7. The molecule has 3 N–H and O–H groups in total. The maximum atomic E-state index is 10.5. The summed E-state index contributed by atoms with van der Waals surface area (Å²) in [5.41, 5.74) is 4.81. The van der Waals surface area contributed by atoms with Crippen LogP contribution in [0.2, 0.25) is 0 Å². The van der Waals surface area contributed by atoms with Crippen molar-refractivity contribution in [3.05, 3.63) is 40.0 Å². The van der Waals surface area contributed by atoms with Crippen molar-refractivity contribution >= 4 is 17.7 Å². The fourth-order valence-electron chi connectivity index (χ4n) is 1.13. The molecule has 0 bridgehead atoms. The predicted octanol–water partition coefficient (Wildman–Crippen LogP) is 1.19. The van der Waals surface area contributed by atoms with Crippen molar-refractivity contribution < 1.29 is 14.8 Å². The van der Waals surface area contributed by atoms with Gasteiger partial charge in [-0.05, 0) is 0 Å². The smallest absolute Gasteiger partial charge is 0.311 e. The molecule has 0 spiro atoms. The molecule has 0 atom stereocenters. The van der Waals surface area contributed by atoms with Gasteiger partial charge in [0.25, 0.3) is 0 Å². The molecule has 0 aliphatic heterocycles. The van der Waals surface area contributed by atoms with Gasteiger partial charge in [-0.25, -0.2) is 0 Å². The molecule has 0 aliphatic rings. The Kier molecular flexibility index (Phi) is 3.60. The average Bonchev–Trinajstić information content (AvgIpc) is 2.19. The molecule has 0 saturated carbocycles. The molecule has 0 radical (unpaired) electrons. The Bertz CT molecular complexity index is 454. The highest BCUT2D eigenvalue weighted by Crippen LogP contribution is 2.29. The Morgan fingerprint density at radius 2 is 2.25 bits per heavy atom. The van der Waals surface area contributed by atoms with Gasteiger partial charge in [0, 0.05) is 18.1 Å². The van der Waals surface area contributed by atoms with E-state index in [9.17, 15) is 20.0 Å². The van der Waals surface area contributed by atoms with Crippen molar-refractivity contribution in [2.75, 3.05) is 0 Å². The summed E-state index contributed by atoms with van der Waals surface area (Å²) < 4.78 is 0. The topological polar surface area (TPSA) is 106 Å². The van der Waals surface area contributed by atoms with E-state index in [0.717, 1.165) is 0 Å². The Balaban J connectivity index is 2.97. The second-order valence-corrected chi connectivity index (χ2v) is 3.04. The molecular formula is C10H10N2O4. The Morgan fingerprint density at radius 3 is 2.81 bits per heavy atom. The van der Waals surface area contributed by atoms with Crippen LogP contribution < -0.4 is 5.73 Å². The van der Waals surface area contributed by atoms with Crippen LogP contribution in [0.15, 0.2) is 24.3 Å². The van der Waals surface area contributed by atoms with E-state index in [1.54, 1.807) is 0 Å². The first-order valence-corrected chi connectivity index (χ1v) is 4.43. The van der Waals surface area contributed by atoms with E-state index >= 15 is 0 Å².